The Labute approximate surface area is 183 Å². The van der Waals surface area contributed by atoms with Gasteiger partial charge in [0, 0.05) is 6.04 Å². The summed E-state index contributed by atoms with van der Waals surface area (Å²) in [7, 11) is 0. The van der Waals surface area contributed by atoms with E-state index in [1.54, 1.807) is 0 Å². The summed E-state index contributed by atoms with van der Waals surface area (Å²) in [4.78, 5) is 15.5. The van der Waals surface area contributed by atoms with E-state index in [1.807, 2.05) is 30.3 Å². The van der Waals surface area contributed by atoms with Gasteiger partial charge in [-0.2, -0.15) is 13.2 Å². The standard InChI is InChI=1S/C22H21Cl2F3N2O/c23-16-7-6-15(22(25,26)27)19(24)18(16)21(30)28-20(14-4-2-1-3-5-14)17-12-13-8-10-29(17)11-9-13/h1-7,13,17,20H,8-12H2,(H,28,30). The van der Waals surface area contributed by atoms with Gasteiger partial charge in [0.25, 0.3) is 5.91 Å². The van der Waals surface area contributed by atoms with Crippen molar-refractivity contribution in [1.29, 1.82) is 0 Å². The number of nitrogens with zero attached hydrogens (tertiary/aromatic N) is 1. The van der Waals surface area contributed by atoms with Crippen LogP contribution in [0.2, 0.25) is 10.0 Å². The van der Waals surface area contributed by atoms with Crippen LogP contribution in [0.5, 0.6) is 0 Å². The van der Waals surface area contributed by atoms with Crippen LogP contribution >= 0.6 is 23.2 Å². The van der Waals surface area contributed by atoms with Crippen molar-refractivity contribution in [2.24, 2.45) is 5.92 Å². The van der Waals surface area contributed by atoms with Crippen LogP contribution in [-0.4, -0.2) is 29.9 Å². The summed E-state index contributed by atoms with van der Waals surface area (Å²) >= 11 is 12.1. The fraction of sp³-hybridized carbons (Fsp3) is 0.409. The van der Waals surface area contributed by atoms with Crippen LogP contribution in [-0.2, 0) is 6.18 Å². The van der Waals surface area contributed by atoms with Gasteiger partial charge in [-0.1, -0.05) is 53.5 Å². The van der Waals surface area contributed by atoms with E-state index < -0.39 is 22.7 Å². The van der Waals surface area contributed by atoms with Crippen molar-refractivity contribution < 1.29 is 18.0 Å². The summed E-state index contributed by atoms with van der Waals surface area (Å²) in [5.41, 5.74) is -0.511. The molecule has 0 spiro atoms. The second-order valence-electron chi connectivity index (χ2n) is 7.93. The Bertz CT molecular complexity index is 928. The summed E-state index contributed by atoms with van der Waals surface area (Å²) in [6.45, 7) is 1.92. The van der Waals surface area contributed by atoms with Gasteiger partial charge in [0.2, 0.25) is 0 Å². The summed E-state index contributed by atoms with van der Waals surface area (Å²) in [6.07, 6.45) is -1.47. The molecule has 1 amide bonds. The second-order valence-corrected chi connectivity index (χ2v) is 8.71. The first-order chi connectivity index (χ1) is 14.3. The molecule has 0 radical (unpaired) electrons. The van der Waals surface area contributed by atoms with Gasteiger partial charge in [-0.25, -0.2) is 0 Å². The third-order valence-electron chi connectivity index (χ3n) is 6.15. The number of rotatable bonds is 4. The van der Waals surface area contributed by atoms with Crippen molar-refractivity contribution in [1.82, 2.24) is 10.2 Å². The molecule has 3 aliphatic heterocycles. The molecule has 0 aliphatic carbocycles. The molecule has 8 heteroatoms. The number of hydrogen-bond donors (Lipinski definition) is 1. The molecular formula is C22H21Cl2F3N2O. The molecule has 1 N–H and O–H groups in total. The lowest BCUT2D eigenvalue weighted by atomic mass is 9.79. The van der Waals surface area contributed by atoms with Gasteiger partial charge >= 0.3 is 6.18 Å². The highest BCUT2D eigenvalue weighted by atomic mass is 35.5. The summed E-state index contributed by atoms with van der Waals surface area (Å²) < 4.78 is 39.8. The number of carbonyl (C=O) groups excluding carboxylic acids is 1. The van der Waals surface area contributed by atoms with Crippen molar-refractivity contribution in [3.63, 3.8) is 0 Å². The number of halogens is 5. The monoisotopic (exact) mass is 456 g/mol. The normalized spacial score (nSPS) is 24.5. The first-order valence-corrected chi connectivity index (χ1v) is 10.7. The number of carbonyl (C=O) groups is 1. The molecule has 2 aromatic carbocycles. The van der Waals surface area contributed by atoms with Crippen molar-refractivity contribution in [2.45, 2.75) is 37.5 Å². The molecule has 0 aromatic heterocycles. The van der Waals surface area contributed by atoms with Crippen molar-refractivity contribution in [3.05, 3.63) is 69.2 Å². The van der Waals surface area contributed by atoms with E-state index in [1.165, 1.54) is 0 Å². The quantitative estimate of drug-likeness (QED) is 0.614. The van der Waals surface area contributed by atoms with Gasteiger partial charge in [0.05, 0.1) is 27.2 Å². The van der Waals surface area contributed by atoms with Crippen molar-refractivity contribution in [3.8, 4) is 0 Å². The van der Waals surface area contributed by atoms with Gasteiger partial charge in [-0.15, -0.1) is 0 Å². The molecule has 2 unspecified atom stereocenters. The molecule has 3 saturated heterocycles. The Hall–Kier alpha value is -1.76. The lowest BCUT2D eigenvalue weighted by Crippen LogP contribution is -2.54. The molecule has 3 fully saturated rings. The largest absolute Gasteiger partial charge is 0.417 e. The first kappa shape index (κ1) is 21.5. The molecular weight excluding hydrogens is 436 g/mol. The molecule has 5 rings (SSSR count). The van der Waals surface area contributed by atoms with E-state index >= 15 is 0 Å². The van der Waals surface area contributed by atoms with Crippen LogP contribution in [0.1, 0.15) is 46.8 Å². The minimum Gasteiger partial charge on any atom is -0.344 e. The summed E-state index contributed by atoms with van der Waals surface area (Å²) in [6, 6.07) is 11.1. The minimum absolute atomic E-state index is 0.0761. The Morgan fingerprint density at radius 1 is 1.07 bits per heavy atom. The van der Waals surface area contributed by atoms with E-state index in [0.717, 1.165) is 50.0 Å². The maximum absolute atomic E-state index is 13.3. The third kappa shape index (κ3) is 4.18. The predicted molar refractivity (Wildman–Crippen MR) is 111 cm³/mol. The van der Waals surface area contributed by atoms with Gasteiger partial charge in [-0.3, -0.25) is 9.69 Å². The maximum atomic E-state index is 13.3. The van der Waals surface area contributed by atoms with Gasteiger partial charge in [0.1, 0.15) is 0 Å². The molecule has 0 saturated carbocycles. The van der Waals surface area contributed by atoms with E-state index in [2.05, 4.69) is 10.2 Å². The second kappa shape index (κ2) is 8.40. The molecule has 2 atom stereocenters. The predicted octanol–water partition coefficient (Wildman–Crippen LogP) is 5.97. The lowest BCUT2D eigenvalue weighted by molar-refractivity contribution is -0.137. The highest BCUT2D eigenvalue weighted by Crippen LogP contribution is 2.40. The van der Waals surface area contributed by atoms with Gasteiger partial charge in [-0.05, 0) is 56.0 Å². The molecule has 3 heterocycles. The maximum Gasteiger partial charge on any atom is 0.417 e. The number of hydrogen-bond acceptors (Lipinski definition) is 2. The summed E-state index contributed by atoms with van der Waals surface area (Å²) in [5, 5.41) is 2.16. The number of piperidine rings is 3. The van der Waals surface area contributed by atoms with Crippen LogP contribution < -0.4 is 5.32 Å². The summed E-state index contributed by atoms with van der Waals surface area (Å²) in [5.74, 6) is -0.101. The fourth-order valence-electron chi connectivity index (χ4n) is 4.61. The Morgan fingerprint density at radius 2 is 1.73 bits per heavy atom. The topological polar surface area (TPSA) is 32.3 Å². The van der Waals surface area contributed by atoms with Crippen molar-refractivity contribution >= 4 is 29.1 Å². The lowest BCUT2D eigenvalue weighted by Gasteiger charge is -2.48. The molecule has 3 aliphatic rings. The Morgan fingerprint density at radius 3 is 2.30 bits per heavy atom. The van der Waals surface area contributed by atoms with Crippen LogP contribution in [0.4, 0.5) is 13.2 Å². The van der Waals surface area contributed by atoms with Crippen LogP contribution in [0, 0.1) is 5.92 Å². The van der Waals surface area contributed by atoms with Gasteiger partial charge in [0.15, 0.2) is 0 Å². The first-order valence-electron chi connectivity index (χ1n) is 9.90. The zero-order valence-electron chi connectivity index (χ0n) is 16.1. The fourth-order valence-corrected chi connectivity index (χ4v) is 5.26. The number of alkyl halides is 3. The van der Waals surface area contributed by atoms with Crippen LogP contribution in [0.25, 0.3) is 0 Å². The van der Waals surface area contributed by atoms with E-state index in [4.69, 9.17) is 23.2 Å². The molecule has 160 valence electrons. The molecule has 3 nitrogen and oxygen atoms in total. The van der Waals surface area contributed by atoms with Gasteiger partial charge < -0.3 is 5.32 Å². The van der Waals surface area contributed by atoms with Crippen LogP contribution in [0.3, 0.4) is 0 Å². The highest BCUT2D eigenvalue weighted by molar-refractivity contribution is 6.40. The number of nitrogens with one attached hydrogen (secondary N) is 1. The van der Waals surface area contributed by atoms with E-state index in [0.29, 0.717) is 5.92 Å². The average molecular weight is 457 g/mol. The number of amides is 1. The Kier molecular flexibility index (Phi) is 6.02. The van der Waals surface area contributed by atoms with Crippen molar-refractivity contribution in [2.75, 3.05) is 13.1 Å². The smallest absolute Gasteiger partial charge is 0.344 e. The van der Waals surface area contributed by atoms with E-state index in [9.17, 15) is 18.0 Å². The molecule has 30 heavy (non-hydrogen) atoms. The minimum atomic E-state index is -4.68. The molecule has 2 bridgehead atoms. The third-order valence-corrected chi connectivity index (χ3v) is 6.85. The zero-order valence-corrected chi connectivity index (χ0v) is 17.6. The van der Waals surface area contributed by atoms with Crippen LogP contribution in [0.15, 0.2) is 42.5 Å². The average Bonchev–Trinajstić information content (AvgIpc) is 2.72. The molecule has 2 aromatic rings. The Balaban J connectivity index is 1.68. The number of fused-ring (bicyclic) bond motifs is 3. The number of benzene rings is 2. The highest BCUT2D eigenvalue weighted by Gasteiger charge is 2.40. The van der Waals surface area contributed by atoms with E-state index in [-0.39, 0.29) is 22.7 Å². The SMILES string of the molecule is O=C(NC(c1ccccc1)C1CC2CCN1CC2)c1c(Cl)ccc(C(F)(F)F)c1Cl. The zero-order chi connectivity index (χ0) is 21.5.